The van der Waals surface area contributed by atoms with Gasteiger partial charge in [-0.3, -0.25) is 0 Å². The highest BCUT2D eigenvalue weighted by molar-refractivity contribution is 5.67. The number of aryl methyl sites for hydroxylation is 1. The smallest absolute Gasteiger partial charge is 0.128 e. The van der Waals surface area contributed by atoms with E-state index in [9.17, 15) is 0 Å². The van der Waals surface area contributed by atoms with Crippen molar-refractivity contribution in [3.05, 3.63) is 34.4 Å². The van der Waals surface area contributed by atoms with Crippen LogP contribution in [-0.4, -0.2) is 12.1 Å². The van der Waals surface area contributed by atoms with Gasteiger partial charge in [-0.1, -0.05) is 6.08 Å². The molecule has 0 radical (unpaired) electrons. The fourth-order valence-corrected chi connectivity index (χ4v) is 2.43. The maximum atomic E-state index is 6.00. The molecule has 1 aromatic rings. The molecule has 0 saturated heterocycles. The van der Waals surface area contributed by atoms with Crippen LogP contribution in [0.5, 0.6) is 5.75 Å². The van der Waals surface area contributed by atoms with Gasteiger partial charge in [0.1, 0.15) is 11.4 Å². The molecule has 0 unspecified atom stereocenters. The molecule has 0 atom stereocenters. The zero-order chi connectivity index (χ0) is 12.6. The zero-order valence-corrected chi connectivity index (χ0v) is 11.1. The lowest BCUT2D eigenvalue weighted by Crippen LogP contribution is -2.28. The Morgan fingerprint density at radius 1 is 1.29 bits per heavy atom. The predicted octanol–water partition coefficient (Wildman–Crippen LogP) is 2.99. The van der Waals surface area contributed by atoms with E-state index in [0.29, 0.717) is 6.54 Å². The predicted molar refractivity (Wildman–Crippen MR) is 72.4 cm³/mol. The van der Waals surface area contributed by atoms with Crippen LogP contribution < -0.4 is 10.5 Å². The van der Waals surface area contributed by atoms with Crippen molar-refractivity contribution in [1.82, 2.24) is 0 Å². The lowest BCUT2D eigenvalue weighted by atomic mass is 9.91. The molecule has 17 heavy (non-hydrogen) atoms. The monoisotopic (exact) mass is 231 g/mol. The highest BCUT2D eigenvalue weighted by Crippen LogP contribution is 2.36. The van der Waals surface area contributed by atoms with E-state index in [4.69, 9.17) is 10.5 Å². The van der Waals surface area contributed by atoms with Crippen LogP contribution in [-0.2, 0) is 6.42 Å². The maximum absolute atomic E-state index is 6.00. The Labute approximate surface area is 103 Å². The Morgan fingerprint density at radius 2 is 2.00 bits per heavy atom. The average Bonchev–Trinajstić information content (AvgIpc) is 2.22. The third kappa shape index (κ3) is 2.22. The second-order valence-electron chi connectivity index (χ2n) is 5.29. The number of hydrogen-bond donors (Lipinski definition) is 1. The van der Waals surface area contributed by atoms with Gasteiger partial charge in [-0.15, -0.1) is 0 Å². The zero-order valence-electron chi connectivity index (χ0n) is 11.1. The molecular formula is C15H21NO. The van der Waals surface area contributed by atoms with Gasteiger partial charge < -0.3 is 10.5 Å². The number of benzene rings is 1. The molecule has 0 saturated carbocycles. The van der Waals surface area contributed by atoms with Crippen LogP contribution in [0.4, 0.5) is 0 Å². The standard InChI is InChI=1S/C15H21NO/c1-10-9-14-13(5-7-15(3,4)17-14)11(2)12(10)6-8-16/h5,7,9H,6,8,16H2,1-4H3. The maximum Gasteiger partial charge on any atom is 0.128 e. The molecule has 1 aliphatic rings. The summed E-state index contributed by atoms with van der Waals surface area (Å²) in [6.45, 7) is 9.13. The molecule has 1 aliphatic heterocycles. The lowest BCUT2D eigenvalue weighted by Gasteiger charge is -2.30. The number of nitrogens with two attached hydrogens (primary N) is 1. The molecule has 1 heterocycles. The van der Waals surface area contributed by atoms with E-state index in [2.05, 4.69) is 45.9 Å². The molecule has 0 fully saturated rings. The molecule has 0 aliphatic carbocycles. The Kier molecular flexibility index (Phi) is 3.00. The van der Waals surface area contributed by atoms with Crippen molar-refractivity contribution in [3.8, 4) is 5.75 Å². The normalized spacial score (nSPS) is 16.5. The van der Waals surface area contributed by atoms with Gasteiger partial charge in [0, 0.05) is 5.56 Å². The van der Waals surface area contributed by atoms with E-state index in [0.717, 1.165) is 12.2 Å². The van der Waals surface area contributed by atoms with Crippen LogP contribution in [0.15, 0.2) is 12.1 Å². The Morgan fingerprint density at radius 3 is 2.65 bits per heavy atom. The van der Waals surface area contributed by atoms with Gasteiger partial charge in [0.25, 0.3) is 0 Å². The summed E-state index contributed by atoms with van der Waals surface area (Å²) in [6, 6.07) is 2.14. The topological polar surface area (TPSA) is 35.2 Å². The second kappa shape index (κ2) is 4.19. The Balaban J connectivity index is 2.54. The van der Waals surface area contributed by atoms with Crippen molar-refractivity contribution in [3.63, 3.8) is 0 Å². The highest BCUT2D eigenvalue weighted by Gasteiger charge is 2.23. The van der Waals surface area contributed by atoms with Crippen LogP contribution in [0.2, 0.25) is 0 Å². The molecule has 0 bridgehead atoms. The number of ether oxygens (including phenoxy) is 1. The third-order valence-electron chi connectivity index (χ3n) is 3.36. The molecule has 0 aromatic heterocycles. The molecule has 92 valence electrons. The summed E-state index contributed by atoms with van der Waals surface area (Å²) in [6.07, 6.45) is 5.22. The molecule has 1 aromatic carbocycles. The van der Waals surface area contributed by atoms with Crippen molar-refractivity contribution < 1.29 is 4.74 Å². The van der Waals surface area contributed by atoms with Crippen molar-refractivity contribution in [2.75, 3.05) is 6.54 Å². The van der Waals surface area contributed by atoms with E-state index in [1.54, 1.807) is 0 Å². The second-order valence-corrected chi connectivity index (χ2v) is 5.29. The SMILES string of the molecule is Cc1cc2c(c(C)c1CCN)C=CC(C)(C)O2. The van der Waals surface area contributed by atoms with Gasteiger partial charge in [0.05, 0.1) is 0 Å². The molecule has 2 heteroatoms. The van der Waals surface area contributed by atoms with Gasteiger partial charge in [-0.05, 0) is 69.5 Å². The van der Waals surface area contributed by atoms with E-state index in [1.165, 1.54) is 22.3 Å². The molecular weight excluding hydrogens is 210 g/mol. The van der Waals surface area contributed by atoms with Gasteiger partial charge in [-0.25, -0.2) is 0 Å². The first-order valence-electron chi connectivity index (χ1n) is 6.16. The number of rotatable bonds is 2. The number of hydrogen-bond acceptors (Lipinski definition) is 2. The summed E-state index contributed by atoms with van der Waals surface area (Å²) < 4.78 is 6.00. The molecule has 0 amide bonds. The summed E-state index contributed by atoms with van der Waals surface area (Å²) in [5.74, 6) is 0.994. The van der Waals surface area contributed by atoms with Crippen molar-refractivity contribution in [1.29, 1.82) is 0 Å². The third-order valence-corrected chi connectivity index (χ3v) is 3.36. The number of fused-ring (bicyclic) bond motifs is 1. The average molecular weight is 231 g/mol. The van der Waals surface area contributed by atoms with Crippen LogP contribution in [0.1, 0.15) is 36.1 Å². The summed E-state index contributed by atoms with van der Waals surface area (Å²) in [7, 11) is 0. The van der Waals surface area contributed by atoms with Gasteiger partial charge in [0.15, 0.2) is 0 Å². The summed E-state index contributed by atoms with van der Waals surface area (Å²) in [5.41, 5.74) is 10.6. The minimum absolute atomic E-state index is 0.207. The minimum atomic E-state index is -0.207. The van der Waals surface area contributed by atoms with Gasteiger partial charge in [0.2, 0.25) is 0 Å². The van der Waals surface area contributed by atoms with Crippen molar-refractivity contribution in [2.24, 2.45) is 5.73 Å². The fourth-order valence-electron chi connectivity index (χ4n) is 2.43. The van der Waals surface area contributed by atoms with Gasteiger partial charge >= 0.3 is 0 Å². The first-order chi connectivity index (χ1) is 7.94. The van der Waals surface area contributed by atoms with Gasteiger partial charge in [-0.2, -0.15) is 0 Å². The van der Waals surface area contributed by atoms with Crippen LogP contribution in [0.25, 0.3) is 6.08 Å². The quantitative estimate of drug-likeness (QED) is 0.849. The summed E-state index contributed by atoms with van der Waals surface area (Å²) >= 11 is 0. The summed E-state index contributed by atoms with van der Waals surface area (Å²) in [5, 5.41) is 0. The van der Waals surface area contributed by atoms with E-state index < -0.39 is 0 Å². The first kappa shape index (κ1) is 12.2. The fraction of sp³-hybridized carbons (Fsp3) is 0.467. The molecule has 0 spiro atoms. The molecule has 2 nitrogen and oxygen atoms in total. The van der Waals surface area contributed by atoms with Crippen LogP contribution >= 0.6 is 0 Å². The molecule has 2 N–H and O–H groups in total. The van der Waals surface area contributed by atoms with E-state index in [1.807, 2.05) is 0 Å². The first-order valence-corrected chi connectivity index (χ1v) is 6.16. The van der Waals surface area contributed by atoms with Crippen molar-refractivity contribution >= 4 is 6.08 Å². The van der Waals surface area contributed by atoms with Crippen molar-refractivity contribution in [2.45, 2.75) is 39.7 Å². The van der Waals surface area contributed by atoms with E-state index in [-0.39, 0.29) is 5.60 Å². The molecule has 2 rings (SSSR count). The van der Waals surface area contributed by atoms with E-state index >= 15 is 0 Å². The lowest BCUT2D eigenvalue weighted by molar-refractivity contribution is 0.158. The van der Waals surface area contributed by atoms with Crippen LogP contribution in [0.3, 0.4) is 0 Å². The Hall–Kier alpha value is -1.28. The minimum Gasteiger partial charge on any atom is -0.483 e. The highest BCUT2D eigenvalue weighted by atomic mass is 16.5. The van der Waals surface area contributed by atoms with Crippen LogP contribution in [0, 0.1) is 13.8 Å². The summed E-state index contributed by atoms with van der Waals surface area (Å²) in [4.78, 5) is 0. The Bertz CT molecular complexity index is 472. The largest absolute Gasteiger partial charge is 0.483 e.